The molecule has 5 nitrogen and oxygen atoms in total. The van der Waals surface area contributed by atoms with Gasteiger partial charge >= 0.3 is 0 Å². The lowest BCUT2D eigenvalue weighted by molar-refractivity contribution is -0.135. The molecule has 1 aliphatic heterocycles. The smallest absolute Gasteiger partial charge is 0.241 e. The maximum atomic E-state index is 13.9. The zero-order valence-electron chi connectivity index (χ0n) is 21.3. The van der Waals surface area contributed by atoms with Crippen molar-refractivity contribution in [2.75, 3.05) is 5.75 Å². The Kier molecular flexibility index (Phi) is 5.30. The highest BCUT2D eigenvalue weighted by atomic mass is 32.2. The monoisotopic (exact) mass is 481 g/mol. The van der Waals surface area contributed by atoms with Crippen LogP contribution < -0.4 is 0 Å². The minimum atomic E-state index is -3.61. The largest absolute Gasteiger partial charge is 0.413 e. The Hall–Kier alpha value is -0.663. The van der Waals surface area contributed by atoms with Gasteiger partial charge in [-0.2, -0.15) is 0 Å². The van der Waals surface area contributed by atoms with Crippen molar-refractivity contribution in [3.63, 3.8) is 0 Å². The molecule has 3 unspecified atom stereocenters. The molecule has 0 aromatic rings. The third kappa shape index (κ3) is 2.76. The second-order valence-corrected chi connectivity index (χ2v) is 19.6. The second kappa shape index (κ2) is 6.94. The Bertz CT molecular complexity index is 936. The standard InChI is InChI=1S/C25H43NO4SSi/c1-10-11-12-19(30-32(8,9)22(3,4)5)17(2)21(27)26-20-15-18-13-14-24(18)23(6,7)25(20,24)16-31(26,28)29/h10,17-20H,1,11-16H2,2-9H3/t17?,18?,19-,20+,24?,25-/m1/s1. The molecule has 4 rings (SSSR count). The molecular weight excluding hydrogens is 438 g/mol. The van der Waals surface area contributed by atoms with Crippen molar-refractivity contribution < 1.29 is 17.6 Å². The topological polar surface area (TPSA) is 63.7 Å². The molecule has 0 N–H and O–H groups in total. The molecule has 1 heterocycles. The van der Waals surface area contributed by atoms with E-state index in [1.807, 2.05) is 13.0 Å². The van der Waals surface area contributed by atoms with Crippen LogP contribution in [0.4, 0.5) is 0 Å². The van der Waals surface area contributed by atoms with Crippen molar-refractivity contribution in [1.82, 2.24) is 4.31 Å². The molecule has 1 amide bonds. The van der Waals surface area contributed by atoms with Crippen LogP contribution in [0.5, 0.6) is 0 Å². The van der Waals surface area contributed by atoms with Crippen molar-refractivity contribution in [1.29, 1.82) is 0 Å². The van der Waals surface area contributed by atoms with E-state index in [2.05, 4.69) is 54.3 Å². The summed E-state index contributed by atoms with van der Waals surface area (Å²) in [6.45, 7) is 21.2. The van der Waals surface area contributed by atoms with Gasteiger partial charge in [0, 0.05) is 5.41 Å². The zero-order chi connectivity index (χ0) is 24.1. The highest BCUT2D eigenvalue weighted by Crippen LogP contribution is 2.94. The molecule has 3 saturated carbocycles. The maximum absolute atomic E-state index is 13.9. The summed E-state index contributed by atoms with van der Waals surface area (Å²) in [7, 11) is -5.74. The fraction of sp³-hybridized carbons (Fsp3) is 0.880. The van der Waals surface area contributed by atoms with Gasteiger partial charge in [-0.3, -0.25) is 4.79 Å². The third-order valence-electron chi connectivity index (χ3n) is 10.7. The van der Waals surface area contributed by atoms with E-state index in [0.717, 1.165) is 19.3 Å². The van der Waals surface area contributed by atoms with Crippen LogP contribution in [0.25, 0.3) is 0 Å². The van der Waals surface area contributed by atoms with Crippen LogP contribution in [-0.4, -0.2) is 44.8 Å². The predicted molar refractivity (Wildman–Crippen MR) is 131 cm³/mol. The van der Waals surface area contributed by atoms with E-state index >= 15 is 0 Å². The summed E-state index contributed by atoms with van der Waals surface area (Å²) in [5.74, 6) is -0.0277. The van der Waals surface area contributed by atoms with E-state index in [-0.39, 0.29) is 45.1 Å². The zero-order valence-corrected chi connectivity index (χ0v) is 23.1. The van der Waals surface area contributed by atoms with Crippen molar-refractivity contribution in [3.8, 4) is 0 Å². The fourth-order valence-corrected chi connectivity index (χ4v) is 11.9. The van der Waals surface area contributed by atoms with E-state index in [1.54, 1.807) is 0 Å². The van der Waals surface area contributed by atoms with Crippen LogP contribution >= 0.6 is 0 Å². The van der Waals surface area contributed by atoms with Gasteiger partial charge in [0.2, 0.25) is 15.9 Å². The van der Waals surface area contributed by atoms with Gasteiger partial charge < -0.3 is 4.43 Å². The summed E-state index contributed by atoms with van der Waals surface area (Å²) >= 11 is 0. The van der Waals surface area contributed by atoms with Crippen molar-refractivity contribution in [3.05, 3.63) is 12.7 Å². The Morgan fingerprint density at radius 3 is 2.38 bits per heavy atom. The first-order valence-corrected chi connectivity index (χ1v) is 16.9. The van der Waals surface area contributed by atoms with Crippen molar-refractivity contribution >= 4 is 24.2 Å². The van der Waals surface area contributed by atoms with Crippen molar-refractivity contribution in [2.45, 2.75) is 104 Å². The summed E-state index contributed by atoms with van der Waals surface area (Å²) in [6, 6.07) is -0.169. The molecule has 0 aromatic carbocycles. The first-order chi connectivity index (χ1) is 14.5. The lowest BCUT2D eigenvalue weighted by Gasteiger charge is -2.42. The SMILES string of the molecule is C=CCC[C@@H](O[Si](C)(C)C(C)(C)C)C(C)C(=O)N1[C@H]2CC3CCC34C(C)(C)[C@@]24CS1(=O)=O. The minimum absolute atomic E-state index is 0.00292. The fourth-order valence-electron chi connectivity index (χ4n) is 7.84. The van der Waals surface area contributed by atoms with Crippen LogP contribution in [-0.2, 0) is 19.2 Å². The van der Waals surface area contributed by atoms with Gasteiger partial charge in [-0.25, -0.2) is 12.7 Å². The van der Waals surface area contributed by atoms with Crippen LogP contribution in [0.2, 0.25) is 18.1 Å². The highest BCUT2D eigenvalue weighted by Gasteiger charge is 2.95. The second-order valence-electron chi connectivity index (χ2n) is 13.0. The summed E-state index contributed by atoms with van der Waals surface area (Å²) in [6.07, 6.45) is 6.13. The molecule has 6 atom stereocenters. The van der Waals surface area contributed by atoms with E-state index < -0.39 is 24.3 Å². The average molecular weight is 482 g/mol. The van der Waals surface area contributed by atoms with Gasteiger partial charge in [-0.05, 0) is 67.0 Å². The van der Waals surface area contributed by atoms with E-state index in [0.29, 0.717) is 12.3 Å². The number of carbonyl (C=O) groups is 1. The number of hydrogen-bond donors (Lipinski definition) is 0. The number of sulfonamides is 1. The first-order valence-electron chi connectivity index (χ1n) is 12.4. The predicted octanol–water partition coefficient (Wildman–Crippen LogP) is 5.35. The molecule has 3 aliphatic carbocycles. The number of nitrogens with zero attached hydrogens (tertiary/aromatic N) is 1. The van der Waals surface area contributed by atoms with Gasteiger partial charge in [-0.15, -0.1) is 6.58 Å². The first kappa shape index (κ1) is 24.5. The Morgan fingerprint density at radius 1 is 1.28 bits per heavy atom. The van der Waals surface area contributed by atoms with Gasteiger partial charge in [0.05, 0.1) is 23.8 Å². The molecule has 182 valence electrons. The molecule has 4 fully saturated rings. The summed E-state index contributed by atoms with van der Waals surface area (Å²) in [4.78, 5) is 13.9. The lowest BCUT2D eigenvalue weighted by atomic mass is 9.66. The Labute approximate surface area is 196 Å². The molecule has 0 aromatic heterocycles. The van der Waals surface area contributed by atoms with Gasteiger partial charge in [0.15, 0.2) is 8.32 Å². The van der Waals surface area contributed by atoms with Crippen molar-refractivity contribution in [2.24, 2.45) is 28.1 Å². The average Bonchev–Trinajstić information content (AvgIpc) is 2.83. The van der Waals surface area contributed by atoms with Crippen LogP contribution in [0.3, 0.4) is 0 Å². The Morgan fingerprint density at radius 2 is 1.91 bits per heavy atom. The maximum Gasteiger partial charge on any atom is 0.241 e. The quantitative estimate of drug-likeness (QED) is 0.363. The van der Waals surface area contributed by atoms with Gasteiger partial charge in [0.1, 0.15) is 0 Å². The van der Waals surface area contributed by atoms with Gasteiger partial charge in [0.25, 0.3) is 0 Å². The highest BCUT2D eigenvalue weighted by molar-refractivity contribution is 7.90. The molecular formula is C25H43NO4SSi. The van der Waals surface area contributed by atoms with Crippen LogP contribution in [0.1, 0.15) is 73.6 Å². The molecule has 0 bridgehead atoms. The lowest BCUT2D eigenvalue weighted by Crippen LogP contribution is -2.50. The molecule has 32 heavy (non-hydrogen) atoms. The molecule has 0 radical (unpaired) electrons. The minimum Gasteiger partial charge on any atom is -0.413 e. The normalized spacial score (nSPS) is 38.2. The number of carbonyl (C=O) groups excluding carboxylic acids is 1. The van der Waals surface area contributed by atoms with E-state index in [9.17, 15) is 13.2 Å². The third-order valence-corrected chi connectivity index (χ3v) is 17.0. The molecule has 4 aliphatic rings. The number of rotatable bonds is 7. The Balaban J connectivity index is 1.63. The molecule has 2 spiro atoms. The molecule has 7 heteroatoms. The van der Waals surface area contributed by atoms with E-state index in [4.69, 9.17) is 4.43 Å². The number of allylic oxidation sites excluding steroid dienone is 1. The van der Waals surface area contributed by atoms with E-state index in [1.165, 1.54) is 10.7 Å². The number of amides is 1. The van der Waals surface area contributed by atoms with Crippen LogP contribution in [0.15, 0.2) is 12.7 Å². The summed E-state index contributed by atoms with van der Waals surface area (Å²) < 4.78 is 35.0. The molecule has 1 saturated heterocycles. The summed E-state index contributed by atoms with van der Waals surface area (Å²) in [5, 5.41) is 0.0149. The van der Waals surface area contributed by atoms with Gasteiger partial charge in [-0.1, -0.05) is 47.6 Å². The number of hydrogen-bond acceptors (Lipinski definition) is 4. The summed E-state index contributed by atoms with van der Waals surface area (Å²) in [5.41, 5.74) is -0.110. The van der Waals surface area contributed by atoms with Crippen LogP contribution in [0, 0.1) is 28.1 Å².